The van der Waals surface area contributed by atoms with Crippen molar-refractivity contribution in [3.63, 3.8) is 0 Å². The van der Waals surface area contributed by atoms with Gasteiger partial charge in [-0.15, -0.1) is 12.4 Å². The molecular weight excluding hydrogens is 270 g/mol. The van der Waals surface area contributed by atoms with Gasteiger partial charge in [0.2, 0.25) is 0 Å². The molecule has 2 aromatic carbocycles. The van der Waals surface area contributed by atoms with Gasteiger partial charge < -0.3 is 4.90 Å². The summed E-state index contributed by atoms with van der Waals surface area (Å²) >= 11 is 0. The van der Waals surface area contributed by atoms with Crippen LogP contribution in [0.5, 0.6) is 0 Å². The molecule has 0 N–H and O–H groups in total. The van der Waals surface area contributed by atoms with Crippen LogP contribution in [0.15, 0.2) is 42.5 Å². The summed E-state index contributed by atoms with van der Waals surface area (Å²) in [7, 11) is 0. The van der Waals surface area contributed by atoms with E-state index in [4.69, 9.17) is 0 Å². The quantitative estimate of drug-likeness (QED) is 0.744. The van der Waals surface area contributed by atoms with Crippen LogP contribution in [0.4, 0.5) is 0 Å². The lowest BCUT2D eigenvalue weighted by atomic mass is 10.00. The standard InChI is InChI=1S/C17H21NO.ClH/c1-3-18(4-2)13-12-17(19)16-11-7-9-14-8-5-6-10-15(14)16;/h5-11H,3-4,12-13H2,1-2H3;1H. The van der Waals surface area contributed by atoms with Crippen LogP contribution in [-0.4, -0.2) is 30.3 Å². The molecule has 0 saturated heterocycles. The molecule has 0 radical (unpaired) electrons. The Labute approximate surface area is 127 Å². The number of hydrogen-bond donors (Lipinski definition) is 0. The lowest BCUT2D eigenvalue weighted by Crippen LogP contribution is -2.25. The van der Waals surface area contributed by atoms with Crippen molar-refractivity contribution >= 4 is 29.0 Å². The van der Waals surface area contributed by atoms with Gasteiger partial charge in [0.1, 0.15) is 0 Å². The number of Topliss-reactive ketones (excluding diaryl/α,β-unsaturated/α-hetero) is 1. The van der Waals surface area contributed by atoms with Gasteiger partial charge in [0.05, 0.1) is 0 Å². The van der Waals surface area contributed by atoms with Gasteiger partial charge in [-0.2, -0.15) is 0 Å². The second-order valence-corrected chi connectivity index (χ2v) is 4.73. The summed E-state index contributed by atoms with van der Waals surface area (Å²) in [4.78, 5) is 14.6. The maximum Gasteiger partial charge on any atom is 0.164 e. The average Bonchev–Trinajstić information content (AvgIpc) is 2.47. The minimum atomic E-state index is 0. The molecular formula is C17H22ClNO. The summed E-state index contributed by atoms with van der Waals surface area (Å²) in [5.41, 5.74) is 0.852. The van der Waals surface area contributed by atoms with E-state index >= 15 is 0 Å². The predicted molar refractivity (Wildman–Crippen MR) is 87.9 cm³/mol. The topological polar surface area (TPSA) is 20.3 Å². The molecule has 108 valence electrons. The summed E-state index contributed by atoms with van der Waals surface area (Å²) in [5, 5.41) is 2.20. The number of halogens is 1. The monoisotopic (exact) mass is 291 g/mol. The first-order valence-corrected chi connectivity index (χ1v) is 6.99. The number of benzene rings is 2. The highest BCUT2D eigenvalue weighted by Gasteiger charge is 2.10. The van der Waals surface area contributed by atoms with Gasteiger partial charge in [-0.3, -0.25) is 4.79 Å². The molecule has 2 rings (SSSR count). The molecule has 20 heavy (non-hydrogen) atoms. The minimum absolute atomic E-state index is 0. The molecule has 3 heteroatoms. The van der Waals surface area contributed by atoms with E-state index in [0.717, 1.165) is 36.0 Å². The van der Waals surface area contributed by atoms with Gasteiger partial charge >= 0.3 is 0 Å². The Morgan fingerprint density at radius 3 is 2.35 bits per heavy atom. The van der Waals surface area contributed by atoms with E-state index in [1.165, 1.54) is 0 Å². The largest absolute Gasteiger partial charge is 0.303 e. The second-order valence-electron chi connectivity index (χ2n) is 4.73. The zero-order valence-corrected chi connectivity index (χ0v) is 13.0. The van der Waals surface area contributed by atoms with Crippen LogP contribution in [0, 0.1) is 0 Å². The van der Waals surface area contributed by atoms with Crippen LogP contribution in [-0.2, 0) is 0 Å². The Bertz CT molecular complexity index is 558. The Hall–Kier alpha value is -1.38. The predicted octanol–water partition coefficient (Wildman–Crippen LogP) is 4.18. The highest BCUT2D eigenvalue weighted by molar-refractivity contribution is 6.08. The lowest BCUT2D eigenvalue weighted by Gasteiger charge is -2.17. The normalized spacial score (nSPS) is 10.6. The third kappa shape index (κ3) is 3.81. The van der Waals surface area contributed by atoms with Crippen molar-refractivity contribution in [2.75, 3.05) is 19.6 Å². The fourth-order valence-electron chi connectivity index (χ4n) is 2.40. The van der Waals surface area contributed by atoms with Crippen molar-refractivity contribution < 1.29 is 4.79 Å². The van der Waals surface area contributed by atoms with Crippen LogP contribution in [0.2, 0.25) is 0 Å². The molecule has 0 aromatic heterocycles. The molecule has 0 atom stereocenters. The van der Waals surface area contributed by atoms with Gasteiger partial charge in [0.15, 0.2) is 5.78 Å². The number of hydrogen-bond acceptors (Lipinski definition) is 2. The van der Waals surface area contributed by atoms with E-state index in [0.29, 0.717) is 6.42 Å². The van der Waals surface area contributed by atoms with E-state index in [-0.39, 0.29) is 18.2 Å². The lowest BCUT2D eigenvalue weighted by molar-refractivity contribution is 0.0968. The first-order chi connectivity index (χ1) is 9.26. The molecule has 0 heterocycles. The van der Waals surface area contributed by atoms with Gasteiger partial charge in [-0.05, 0) is 23.9 Å². The van der Waals surface area contributed by atoms with Gasteiger partial charge in [-0.25, -0.2) is 0 Å². The Balaban J connectivity index is 0.00000200. The Morgan fingerprint density at radius 1 is 1.00 bits per heavy atom. The van der Waals surface area contributed by atoms with E-state index in [2.05, 4.69) is 30.9 Å². The Morgan fingerprint density at radius 2 is 1.65 bits per heavy atom. The number of nitrogens with zero attached hydrogens (tertiary/aromatic N) is 1. The number of fused-ring (bicyclic) bond motifs is 1. The zero-order valence-electron chi connectivity index (χ0n) is 12.1. The molecule has 0 spiro atoms. The fourth-order valence-corrected chi connectivity index (χ4v) is 2.40. The fraction of sp³-hybridized carbons (Fsp3) is 0.353. The third-order valence-electron chi connectivity index (χ3n) is 3.64. The number of carbonyl (C=O) groups excluding carboxylic acids is 1. The summed E-state index contributed by atoms with van der Waals surface area (Å²) in [6, 6.07) is 14.0. The van der Waals surface area contributed by atoms with Gasteiger partial charge in [0.25, 0.3) is 0 Å². The third-order valence-corrected chi connectivity index (χ3v) is 3.64. The smallest absolute Gasteiger partial charge is 0.164 e. The van der Waals surface area contributed by atoms with E-state index < -0.39 is 0 Å². The molecule has 2 aromatic rings. The first kappa shape index (κ1) is 16.7. The van der Waals surface area contributed by atoms with Crippen LogP contribution in [0.25, 0.3) is 10.8 Å². The first-order valence-electron chi connectivity index (χ1n) is 6.99. The summed E-state index contributed by atoms with van der Waals surface area (Å²) in [6.07, 6.45) is 0.593. The molecule has 0 saturated carbocycles. The molecule has 0 bridgehead atoms. The van der Waals surface area contributed by atoms with Gasteiger partial charge in [-0.1, -0.05) is 56.3 Å². The van der Waals surface area contributed by atoms with E-state index in [9.17, 15) is 4.79 Å². The van der Waals surface area contributed by atoms with Crippen LogP contribution < -0.4 is 0 Å². The SMILES string of the molecule is CCN(CC)CCC(=O)c1cccc2ccccc12.Cl. The van der Waals surface area contributed by atoms with Crippen molar-refractivity contribution in [2.45, 2.75) is 20.3 Å². The summed E-state index contributed by atoms with van der Waals surface area (Å²) in [6.45, 7) is 7.10. The highest BCUT2D eigenvalue weighted by Crippen LogP contribution is 2.19. The van der Waals surface area contributed by atoms with Crippen molar-refractivity contribution in [3.05, 3.63) is 48.0 Å². The van der Waals surface area contributed by atoms with Crippen molar-refractivity contribution in [1.82, 2.24) is 4.90 Å². The number of carbonyl (C=O) groups is 1. The highest BCUT2D eigenvalue weighted by atomic mass is 35.5. The van der Waals surface area contributed by atoms with Gasteiger partial charge in [0, 0.05) is 18.5 Å². The van der Waals surface area contributed by atoms with Crippen LogP contribution >= 0.6 is 12.4 Å². The van der Waals surface area contributed by atoms with E-state index in [1.54, 1.807) is 0 Å². The second kappa shape index (κ2) is 8.03. The minimum Gasteiger partial charge on any atom is -0.303 e. The molecule has 0 aliphatic rings. The molecule has 0 amide bonds. The maximum atomic E-state index is 12.4. The molecule has 0 unspecified atom stereocenters. The molecule has 0 aliphatic heterocycles. The number of rotatable bonds is 6. The molecule has 0 fully saturated rings. The zero-order chi connectivity index (χ0) is 13.7. The average molecular weight is 292 g/mol. The molecule has 2 nitrogen and oxygen atoms in total. The van der Waals surface area contributed by atoms with Crippen LogP contribution in [0.1, 0.15) is 30.6 Å². The summed E-state index contributed by atoms with van der Waals surface area (Å²) in [5.74, 6) is 0.240. The van der Waals surface area contributed by atoms with Crippen molar-refractivity contribution in [3.8, 4) is 0 Å². The number of ketones is 1. The van der Waals surface area contributed by atoms with Crippen molar-refractivity contribution in [1.29, 1.82) is 0 Å². The summed E-state index contributed by atoms with van der Waals surface area (Å²) < 4.78 is 0. The van der Waals surface area contributed by atoms with Crippen molar-refractivity contribution in [2.24, 2.45) is 0 Å². The molecule has 0 aliphatic carbocycles. The Kier molecular flexibility index (Phi) is 6.69. The van der Waals surface area contributed by atoms with E-state index in [1.807, 2.05) is 30.3 Å². The van der Waals surface area contributed by atoms with Crippen LogP contribution in [0.3, 0.4) is 0 Å². The maximum absolute atomic E-state index is 12.4.